The summed E-state index contributed by atoms with van der Waals surface area (Å²) in [6.07, 6.45) is 4.27. The summed E-state index contributed by atoms with van der Waals surface area (Å²) < 4.78 is 40.1. The quantitative estimate of drug-likeness (QED) is 0.575. The van der Waals surface area contributed by atoms with Crippen LogP contribution in [-0.2, 0) is 6.18 Å². The topological polar surface area (TPSA) is 69.4 Å². The van der Waals surface area contributed by atoms with Gasteiger partial charge in [-0.05, 0) is 49.5 Å². The van der Waals surface area contributed by atoms with E-state index in [1.807, 2.05) is 24.3 Å². The average molecular weight is 361 g/mol. The Bertz CT molecular complexity index is 938. The van der Waals surface area contributed by atoms with Gasteiger partial charge in [-0.2, -0.15) is 23.4 Å². The van der Waals surface area contributed by atoms with Gasteiger partial charge in [-0.15, -0.1) is 0 Å². The van der Waals surface area contributed by atoms with Gasteiger partial charge in [0.1, 0.15) is 0 Å². The van der Waals surface area contributed by atoms with Crippen LogP contribution in [0.5, 0.6) is 0 Å². The largest absolute Gasteiger partial charge is 0.435 e. The molecule has 1 aliphatic rings. The molecule has 1 aliphatic carbocycles. The second-order valence-corrected chi connectivity index (χ2v) is 6.46. The summed E-state index contributed by atoms with van der Waals surface area (Å²) in [6.45, 7) is 0. The second kappa shape index (κ2) is 6.51. The molecule has 8 heteroatoms. The highest BCUT2D eigenvalue weighted by atomic mass is 19.4. The summed E-state index contributed by atoms with van der Waals surface area (Å²) in [5.41, 5.74) is 1.84. The summed E-state index contributed by atoms with van der Waals surface area (Å²) in [5.74, 6) is 0. The lowest BCUT2D eigenvalue weighted by Gasteiger charge is -2.26. The van der Waals surface area contributed by atoms with Crippen LogP contribution in [0.3, 0.4) is 0 Å². The first-order chi connectivity index (χ1) is 12.5. The number of hydrogen-bond donors (Lipinski definition) is 3. The minimum atomic E-state index is -4.50. The van der Waals surface area contributed by atoms with Gasteiger partial charge in [-0.3, -0.25) is 10.2 Å². The molecule has 0 bridgehead atoms. The Morgan fingerprint density at radius 3 is 2.85 bits per heavy atom. The molecule has 3 aromatic rings. The van der Waals surface area contributed by atoms with E-state index in [2.05, 4.69) is 25.7 Å². The van der Waals surface area contributed by atoms with E-state index in [0.717, 1.165) is 47.8 Å². The number of allylic oxidation sites excluding steroid dienone is 1. The molecule has 1 aromatic carbocycles. The lowest BCUT2D eigenvalue weighted by Crippen LogP contribution is -2.19. The van der Waals surface area contributed by atoms with Crippen molar-refractivity contribution >= 4 is 16.6 Å². The van der Waals surface area contributed by atoms with Crippen molar-refractivity contribution in [1.29, 1.82) is 0 Å². The second-order valence-electron chi connectivity index (χ2n) is 6.46. The van der Waals surface area contributed by atoms with Crippen LogP contribution in [0.4, 0.5) is 18.9 Å². The molecular formula is C18H18F3N5. The number of anilines is 1. The Kier molecular flexibility index (Phi) is 4.18. The van der Waals surface area contributed by atoms with Gasteiger partial charge >= 0.3 is 6.18 Å². The van der Waals surface area contributed by atoms with Crippen molar-refractivity contribution in [2.45, 2.75) is 37.9 Å². The van der Waals surface area contributed by atoms with Gasteiger partial charge in [0.25, 0.3) is 0 Å². The highest BCUT2D eigenvalue weighted by Crippen LogP contribution is 2.39. The van der Waals surface area contributed by atoms with E-state index in [4.69, 9.17) is 0 Å². The van der Waals surface area contributed by atoms with Gasteiger partial charge < -0.3 is 5.32 Å². The zero-order chi connectivity index (χ0) is 18.1. The molecule has 0 amide bonds. The van der Waals surface area contributed by atoms with Crippen LogP contribution in [0.2, 0.25) is 0 Å². The number of hydrogen-bond acceptors (Lipinski definition) is 3. The van der Waals surface area contributed by atoms with Crippen molar-refractivity contribution < 1.29 is 13.2 Å². The first-order valence-corrected chi connectivity index (χ1v) is 8.52. The molecule has 0 fully saturated rings. The van der Waals surface area contributed by atoms with E-state index >= 15 is 0 Å². The van der Waals surface area contributed by atoms with E-state index < -0.39 is 17.9 Å². The lowest BCUT2D eigenvalue weighted by molar-refractivity contribution is -0.141. The Labute approximate surface area is 147 Å². The molecule has 0 saturated carbocycles. The van der Waals surface area contributed by atoms with Crippen molar-refractivity contribution in [3.63, 3.8) is 0 Å². The maximum Gasteiger partial charge on any atom is 0.435 e. The molecule has 4 rings (SSSR count). The minimum Gasteiger partial charge on any atom is -0.374 e. The molecule has 2 heterocycles. The highest BCUT2D eigenvalue weighted by Gasteiger charge is 2.39. The van der Waals surface area contributed by atoms with Gasteiger partial charge in [-0.1, -0.05) is 6.08 Å². The van der Waals surface area contributed by atoms with Crippen LogP contribution in [0, 0.1) is 0 Å². The number of H-pyrrole nitrogens is 2. The molecule has 0 radical (unpaired) electrons. The molecule has 1 unspecified atom stereocenters. The molecule has 0 spiro atoms. The Hall–Kier alpha value is -2.77. The van der Waals surface area contributed by atoms with Crippen LogP contribution in [0.1, 0.15) is 43.0 Å². The summed E-state index contributed by atoms with van der Waals surface area (Å²) in [4.78, 5) is 0. The van der Waals surface area contributed by atoms with Crippen LogP contribution >= 0.6 is 0 Å². The van der Waals surface area contributed by atoms with Gasteiger partial charge in [0, 0.05) is 22.8 Å². The summed E-state index contributed by atoms with van der Waals surface area (Å²) >= 11 is 0. The van der Waals surface area contributed by atoms with E-state index in [-0.39, 0.29) is 5.56 Å². The molecule has 3 N–H and O–H groups in total. The number of rotatable bonds is 4. The molecule has 0 saturated heterocycles. The third kappa shape index (κ3) is 3.18. The fraction of sp³-hybridized carbons (Fsp3) is 0.333. The number of nitrogens with one attached hydrogen (secondary N) is 3. The first-order valence-electron chi connectivity index (χ1n) is 8.52. The normalized spacial score (nSPS) is 16.5. The number of nitrogens with zero attached hydrogens (tertiary/aromatic N) is 2. The minimum absolute atomic E-state index is 0.123. The van der Waals surface area contributed by atoms with E-state index in [1.54, 1.807) is 6.20 Å². The van der Waals surface area contributed by atoms with Crippen molar-refractivity contribution in [2.24, 2.45) is 0 Å². The third-order valence-electron chi connectivity index (χ3n) is 4.70. The van der Waals surface area contributed by atoms with Gasteiger partial charge in [0.2, 0.25) is 0 Å². The zero-order valence-electron chi connectivity index (χ0n) is 13.9. The van der Waals surface area contributed by atoms with Crippen LogP contribution in [-0.4, -0.2) is 20.4 Å². The fourth-order valence-corrected chi connectivity index (χ4v) is 3.44. The SMILES string of the molecule is FC(F)(F)c1n[nH]cc1C(Nc1ccc2[nH]ncc2c1)C1=CCCCC1. The molecule has 26 heavy (non-hydrogen) atoms. The van der Waals surface area contributed by atoms with E-state index in [9.17, 15) is 13.2 Å². The first kappa shape index (κ1) is 16.7. The number of aromatic amines is 2. The number of aromatic nitrogens is 4. The standard InChI is InChI=1S/C18H18F3N5/c19-18(20,21)17-14(10-23-26-17)16(11-4-2-1-3-5-11)24-13-6-7-15-12(8-13)9-22-25-15/h4,6-10,16,24H,1-3,5H2,(H,22,25)(H,23,26). The van der Waals surface area contributed by atoms with Crippen molar-refractivity contribution in [3.8, 4) is 0 Å². The highest BCUT2D eigenvalue weighted by molar-refractivity contribution is 5.81. The predicted octanol–water partition coefficient (Wildman–Crippen LogP) is 4.96. The molecule has 0 aliphatic heterocycles. The molecule has 5 nitrogen and oxygen atoms in total. The van der Waals surface area contributed by atoms with Crippen molar-refractivity contribution in [1.82, 2.24) is 20.4 Å². The zero-order valence-corrected chi connectivity index (χ0v) is 13.9. The Balaban J connectivity index is 1.73. The summed E-state index contributed by atoms with van der Waals surface area (Å²) in [6, 6.07) is 5.00. The predicted molar refractivity (Wildman–Crippen MR) is 92.6 cm³/mol. The van der Waals surface area contributed by atoms with Gasteiger partial charge in [0.15, 0.2) is 5.69 Å². The van der Waals surface area contributed by atoms with Crippen molar-refractivity contribution in [3.05, 3.63) is 53.5 Å². The van der Waals surface area contributed by atoms with Crippen molar-refractivity contribution in [2.75, 3.05) is 5.32 Å². The number of halogens is 3. The molecular weight excluding hydrogens is 343 g/mol. The summed E-state index contributed by atoms with van der Waals surface area (Å²) in [5, 5.41) is 16.9. The van der Waals surface area contributed by atoms with E-state index in [1.165, 1.54) is 6.20 Å². The van der Waals surface area contributed by atoms with Gasteiger partial charge in [0.05, 0.1) is 17.8 Å². The Morgan fingerprint density at radius 2 is 2.08 bits per heavy atom. The smallest absolute Gasteiger partial charge is 0.374 e. The average Bonchev–Trinajstić information content (AvgIpc) is 3.28. The van der Waals surface area contributed by atoms with Gasteiger partial charge in [-0.25, -0.2) is 0 Å². The monoisotopic (exact) mass is 361 g/mol. The molecule has 2 aromatic heterocycles. The number of benzene rings is 1. The third-order valence-corrected chi connectivity index (χ3v) is 4.70. The maximum atomic E-state index is 13.4. The molecule has 136 valence electrons. The van der Waals surface area contributed by atoms with Crippen LogP contribution in [0.15, 0.2) is 42.2 Å². The fourth-order valence-electron chi connectivity index (χ4n) is 3.44. The summed E-state index contributed by atoms with van der Waals surface area (Å²) in [7, 11) is 0. The Morgan fingerprint density at radius 1 is 1.19 bits per heavy atom. The number of fused-ring (bicyclic) bond motifs is 1. The molecule has 1 atom stereocenters. The number of alkyl halides is 3. The maximum absolute atomic E-state index is 13.4. The van der Waals surface area contributed by atoms with E-state index in [0.29, 0.717) is 0 Å². The van der Waals surface area contributed by atoms with Crippen LogP contribution in [0.25, 0.3) is 10.9 Å². The lowest BCUT2D eigenvalue weighted by atomic mass is 9.89. The van der Waals surface area contributed by atoms with Crippen LogP contribution < -0.4 is 5.32 Å².